The van der Waals surface area contributed by atoms with Gasteiger partial charge in [0.15, 0.2) is 0 Å². The highest BCUT2D eigenvalue weighted by Gasteiger charge is 2.24. The molecule has 1 heterocycles. The van der Waals surface area contributed by atoms with Crippen LogP contribution in [0.4, 0.5) is 0 Å². The molecule has 16 heavy (non-hydrogen) atoms. The molecule has 0 unspecified atom stereocenters. The highest BCUT2D eigenvalue weighted by molar-refractivity contribution is 5.78. The summed E-state index contributed by atoms with van der Waals surface area (Å²) in [4.78, 5) is 17.3. The summed E-state index contributed by atoms with van der Waals surface area (Å²) in [6.07, 6.45) is 1.32. The van der Waals surface area contributed by atoms with Gasteiger partial charge in [-0.3, -0.25) is 9.69 Å². The number of nitrogens with zero attached hydrogens (tertiary/aromatic N) is 2. The fourth-order valence-electron chi connectivity index (χ4n) is 1.73. The van der Waals surface area contributed by atoms with Crippen molar-refractivity contribution < 1.29 is 13.0 Å². The van der Waals surface area contributed by atoms with Crippen LogP contribution in [0.1, 0.15) is 41.7 Å². The summed E-state index contributed by atoms with van der Waals surface area (Å²) >= 11 is 0. The van der Waals surface area contributed by atoms with Crippen molar-refractivity contribution in [2.24, 2.45) is 0 Å². The summed E-state index contributed by atoms with van der Waals surface area (Å²) in [6, 6.07) is -0.0330. The molecular weight excluding hydrogens is 202 g/mol. The number of amides is 1. The van der Waals surface area contributed by atoms with Gasteiger partial charge in [-0.2, -0.15) is 0 Å². The molecule has 1 amide bonds. The predicted molar refractivity (Wildman–Crippen MR) is 64.0 cm³/mol. The van der Waals surface area contributed by atoms with Crippen LogP contribution >= 0.6 is 0 Å². The van der Waals surface area contributed by atoms with Crippen LogP contribution < -0.4 is 5.32 Å². The second-order valence-corrected chi connectivity index (χ2v) is 4.31. The Morgan fingerprint density at radius 3 is 2.75 bits per heavy atom. The van der Waals surface area contributed by atoms with Crippen LogP contribution in [0.25, 0.3) is 4.85 Å². The molecule has 4 nitrogen and oxygen atoms in total. The van der Waals surface area contributed by atoms with Crippen molar-refractivity contribution in [1.82, 2.24) is 10.2 Å². The molecule has 90 valence electrons. The summed E-state index contributed by atoms with van der Waals surface area (Å²) in [5.41, 5.74) is -2.29. The van der Waals surface area contributed by atoms with Gasteiger partial charge in [0.05, 0.1) is 6.54 Å². The molecule has 0 spiro atoms. The van der Waals surface area contributed by atoms with Crippen LogP contribution in [-0.2, 0) is 4.79 Å². The van der Waals surface area contributed by atoms with E-state index in [9.17, 15) is 4.79 Å². The Morgan fingerprint density at radius 1 is 1.62 bits per heavy atom. The van der Waals surface area contributed by atoms with Crippen molar-refractivity contribution in [3.8, 4) is 0 Å². The Bertz CT molecular complexity index is 431. The fraction of sp³-hybridized carbons (Fsp3) is 0.833. The molecule has 0 bridgehead atoms. The summed E-state index contributed by atoms with van der Waals surface area (Å²) in [5.74, 6) is -0.629. The molecule has 4 heteroatoms. The lowest BCUT2D eigenvalue weighted by Gasteiger charge is -2.28. The molecule has 0 atom stereocenters. The van der Waals surface area contributed by atoms with E-state index in [-0.39, 0.29) is 12.6 Å². The molecule has 0 aromatic heterocycles. The van der Waals surface area contributed by atoms with Gasteiger partial charge in [0.25, 0.3) is 0 Å². The minimum atomic E-state index is -2.84. The van der Waals surface area contributed by atoms with E-state index >= 15 is 0 Å². The van der Waals surface area contributed by atoms with E-state index in [1.807, 2.05) is 0 Å². The molecule has 1 aliphatic rings. The zero-order valence-electron chi connectivity index (χ0n) is 15.4. The molecule has 1 aliphatic heterocycles. The zero-order chi connectivity index (χ0) is 17.2. The average molecular weight is 229 g/mol. The Labute approximate surface area is 106 Å². The Morgan fingerprint density at radius 2 is 2.25 bits per heavy atom. The normalized spacial score (nSPS) is 26.2. The van der Waals surface area contributed by atoms with Gasteiger partial charge in [0.2, 0.25) is 11.9 Å². The fourth-order valence-corrected chi connectivity index (χ4v) is 1.73. The van der Waals surface area contributed by atoms with Crippen molar-refractivity contribution in [2.45, 2.75) is 45.0 Å². The number of piperidine rings is 1. The van der Waals surface area contributed by atoms with Crippen LogP contribution in [0.2, 0.25) is 0 Å². The Kier molecular flexibility index (Phi) is 2.19. The van der Waals surface area contributed by atoms with Crippen molar-refractivity contribution in [3.05, 3.63) is 11.4 Å². The molecule has 0 aromatic carbocycles. The molecular formula is C12H21N3O. The predicted octanol–water partition coefficient (Wildman–Crippen LogP) is 1.28. The van der Waals surface area contributed by atoms with Gasteiger partial charge in [-0.1, -0.05) is 0 Å². The van der Waals surface area contributed by atoms with E-state index in [0.717, 1.165) is 6.92 Å². The number of carbonyl (C=O) groups is 1. The lowest BCUT2D eigenvalue weighted by atomic mass is 10.1. The average Bonchev–Trinajstić information content (AvgIpc) is 2.36. The van der Waals surface area contributed by atoms with E-state index in [1.165, 1.54) is 0 Å². The topological polar surface area (TPSA) is 36.7 Å². The number of hydrogen-bond acceptors (Lipinski definition) is 2. The van der Waals surface area contributed by atoms with Crippen LogP contribution in [0, 0.1) is 6.57 Å². The van der Waals surface area contributed by atoms with Crippen molar-refractivity contribution in [1.29, 1.82) is 0 Å². The van der Waals surface area contributed by atoms with Crippen LogP contribution in [0.5, 0.6) is 0 Å². The SMILES string of the molecule is [2H]C([2H])([2H])C(C)(NC(=O)CN1CCC([N+]#[C-])CC1)C([2H])([2H])[2H]. The summed E-state index contributed by atoms with van der Waals surface area (Å²) in [6.45, 7) is 3.37. The lowest BCUT2D eigenvalue weighted by Crippen LogP contribution is -2.47. The van der Waals surface area contributed by atoms with Gasteiger partial charge in [0.1, 0.15) is 0 Å². The first kappa shape index (κ1) is 6.61. The highest BCUT2D eigenvalue weighted by atomic mass is 16.2. The van der Waals surface area contributed by atoms with E-state index in [0.29, 0.717) is 25.9 Å². The summed E-state index contributed by atoms with van der Waals surface area (Å²) in [7, 11) is 0. The first-order chi connectivity index (χ1) is 9.90. The number of likely N-dealkylation sites (tertiary alicyclic amines) is 1. The van der Waals surface area contributed by atoms with E-state index in [4.69, 9.17) is 14.8 Å². The monoisotopic (exact) mass is 229 g/mol. The van der Waals surface area contributed by atoms with Crippen LogP contribution in [-0.4, -0.2) is 42.0 Å². The highest BCUT2D eigenvalue weighted by Crippen LogP contribution is 2.13. The smallest absolute Gasteiger partial charge is 0.234 e. The molecule has 0 aliphatic carbocycles. The number of nitrogens with one attached hydrogen (secondary N) is 1. The number of hydrogen-bond donors (Lipinski definition) is 1. The maximum atomic E-state index is 12.1. The Hall–Kier alpha value is -1.08. The third-order valence-corrected chi connectivity index (χ3v) is 2.50. The van der Waals surface area contributed by atoms with Crippen molar-refractivity contribution in [3.63, 3.8) is 0 Å². The summed E-state index contributed by atoms with van der Waals surface area (Å²) < 4.78 is 44.5. The molecule has 1 rings (SSSR count). The van der Waals surface area contributed by atoms with Gasteiger partial charge in [-0.05, 0) is 20.6 Å². The van der Waals surface area contributed by atoms with Gasteiger partial charge in [0, 0.05) is 39.7 Å². The number of carbonyl (C=O) groups excluding carboxylic acids is 1. The van der Waals surface area contributed by atoms with E-state index in [2.05, 4.69) is 10.2 Å². The van der Waals surface area contributed by atoms with Gasteiger partial charge < -0.3 is 10.2 Å². The van der Waals surface area contributed by atoms with Crippen molar-refractivity contribution in [2.75, 3.05) is 19.6 Å². The second kappa shape index (κ2) is 5.31. The van der Waals surface area contributed by atoms with Gasteiger partial charge in [-0.25, -0.2) is 6.57 Å². The van der Waals surface area contributed by atoms with Crippen LogP contribution in [0.3, 0.4) is 0 Å². The summed E-state index contributed by atoms with van der Waals surface area (Å²) in [5, 5.41) is 2.18. The maximum absolute atomic E-state index is 12.1. The minimum absolute atomic E-state index is 0.0330. The third kappa shape index (κ3) is 4.63. The Balaban J connectivity index is 2.69. The van der Waals surface area contributed by atoms with Gasteiger partial charge >= 0.3 is 0 Å². The van der Waals surface area contributed by atoms with E-state index in [1.54, 1.807) is 4.90 Å². The lowest BCUT2D eigenvalue weighted by molar-refractivity contribution is -0.123. The van der Waals surface area contributed by atoms with Gasteiger partial charge in [-0.15, -0.1) is 0 Å². The quantitative estimate of drug-likeness (QED) is 0.724. The first-order valence-corrected chi connectivity index (χ1v) is 5.30. The molecule has 0 saturated carbocycles. The zero-order valence-corrected chi connectivity index (χ0v) is 9.42. The van der Waals surface area contributed by atoms with Crippen molar-refractivity contribution >= 4 is 5.91 Å². The largest absolute Gasteiger partial charge is 0.350 e. The number of rotatable bonds is 2. The minimum Gasteiger partial charge on any atom is -0.350 e. The molecule has 1 N–H and O–H groups in total. The molecule has 0 radical (unpaired) electrons. The molecule has 0 aromatic rings. The van der Waals surface area contributed by atoms with Crippen LogP contribution in [0.15, 0.2) is 0 Å². The van der Waals surface area contributed by atoms with E-state index < -0.39 is 25.1 Å². The first-order valence-electron chi connectivity index (χ1n) is 8.30. The second-order valence-electron chi connectivity index (χ2n) is 4.31. The molecule has 1 saturated heterocycles. The molecule has 1 fully saturated rings. The maximum Gasteiger partial charge on any atom is 0.234 e. The third-order valence-electron chi connectivity index (χ3n) is 2.50. The standard InChI is InChI=1S/C12H21N3O/c1-12(2,3)14-11(16)9-15-7-5-10(13-4)6-8-15/h10H,5-9H2,1-3H3,(H,14,16)/i1D3,2D3.